The average molecular weight is 354 g/mol. The van der Waals surface area contributed by atoms with Gasteiger partial charge in [-0.05, 0) is 48.2 Å². The number of rotatable bonds is 6. The molecule has 136 valence electrons. The maximum Gasteiger partial charge on any atom is 0.231 e. The number of hydrogen-bond donors (Lipinski definition) is 1. The molecule has 1 aromatic carbocycles. The predicted octanol–water partition coefficient (Wildman–Crippen LogP) is 2.12. The zero-order chi connectivity index (χ0) is 17.8. The Morgan fingerprint density at radius 1 is 1.08 bits per heavy atom. The van der Waals surface area contributed by atoms with E-state index in [0.717, 1.165) is 23.5 Å². The van der Waals surface area contributed by atoms with Gasteiger partial charge in [0.05, 0.1) is 19.3 Å². The summed E-state index contributed by atoms with van der Waals surface area (Å²) in [5, 5.41) is 3.14. The molecule has 0 unspecified atom stereocenters. The molecule has 0 bridgehead atoms. The van der Waals surface area contributed by atoms with Crippen molar-refractivity contribution in [1.29, 1.82) is 0 Å². The van der Waals surface area contributed by atoms with E-state index >= 15 is 0 Å². The SMILES string of the molecule is O=C(CCc1ccc2c(c1)OCO2)N[C@H]1COC[C@H]1Cc1ccncc1. The number of aromatic nitrogens is 1. The number of fused-ring (bicyclic) bond motifs is 1. The van der Waals surface area contributed by atoms with Crippen molar-refractivity contribution < 1.29 is 19.0 Å². The van der Waals surface area contributed by atoms with Crippen LogP contribution in [0.25, 0.3) is 0 Å². The first-order valence-corrected chi connectivity index (χ1v) is 8.92. The van der Waals surface area contributed by atoms with Gasteiger partial charge in [-0.1, -0.05) is 6.07 Å². The number of nitrogens with one attached hydrogen (secondary N) is 1. The summed E-state index contributed by atoms with van der Waals surface area (Å²) in [4.78, 5) is 16.4. The maximum absolute atomic E-state index is 12.4. The second-order valence-electron chi connectivity index (χ2n) is 6.72. The average Bonchev–Trinajstić information content (AvgIpc) is 3.30. The van der Waals surface area contributed by atoms with Crippen LogP contribution in [0.15, 0.2) is 42.7 Å². The summed E-state index contributed by atoms with van der Waals surface area (Å²) in [5.41, 5.74) is 2.29. The van der Waals surface area contributed by atoms with Crippen LogP contribution in [0.4, 0.5) is 0 Å². The van der Waals surface area contributed by atoms with E-state index in [9.17, 15) is 4.79 Å². The molecule has 6 nitrogen and oxygen atoms in total. The standard InChI is InChI=1S/C20H22N2O4/c23-20(4-2-14-1-3-18-19(10-14)26-13-25-18)22-17-12-24-11-16(17)9-15-5-7-21-8-6-15/h1,3,5-8,10,16-17H,2,4,9,11-13H2,(H,22,23)/t16-,17+/m1/s1. The quantitative estimate of drug-likeness (QED) is 0.860. The minimum Gasteiger partial charge on any atom is -0.454 e. The highest BCUT2D eigenvalue weighted by atomic mass is 16.7. The van der Waals surface area contributed by atoms with E-state index in [-0.39, 0.29) is 18.7 Å². The fourth-order valence-electron chi connectivity index (χ4n) is 3.41. The lowest BCUT2D eigenvalue weighted by atomic mass is 9.95. The molecule has 0 saturated carbocycles. The zero-order valence-corrected chi connectivity index (χ0v) is 14.5. The Balaban J connectivity index is 1.28. The number of carbonyl (C=O) groups excluding carboxylic acids is 1. The Labute approximate surface area is 152 Å². The minimum absolute atomic E-state index is 0.0536. The topological polar surface area (TPSA) is 69.7 Å². The van der Waals surface area contributed by atoms with Gasteiger partial charge in [0.2, 0.25) is 12.7 Å². The Hall–Kier alpha value is -2.60. The van der Waals surface area contributed by atoms with Crippen LogP contribution in [-0.4, -0.2) is 36.9 Å². The molecular formula is C20H22N2O4. The van der Waals surface area contributed by atoms with Crippen molar-refractivity contribution in [3.63, 3.8) is 0 Å². The van der Waals surface area contributed by atoms with Crippen molar-refractivity contribution >= 4 is 5.91 Å². The fourth-order valence-corrected chi connectivity index (χ4v) is 3.41. The molecule has 0 aliphatic carbocycles. The lowest BCUT2D eigenvalue weighted by Crippen LogP contribution is -2.40. The molecule has 4 rings (SSSR count). The Morgan fingerprint density at radius 2 is 1.92 bits per heavy atom. The molecule has 0 radical (unpaired) electrons. The molecule has 1 fully saturated rings. The molecule has 2 aliphatic heterocycles. The second kappa shape index (κ2) is 7.74. The molecule has 2 aliphatic rings. The van der Waals surface area contributed by atoms with Gasteiger partial charge in [-0.2, -0.15) is 0 Å². The van der Waals surface area contributed by atoms with Gasteiger partial charge in [0.25, 0.3) is 0 Å². The number of carbonyl (C=O) groups is 1. The van der Waals surface area contributed by atoms with E-state index in [2.05, 4.69) is 10.3 Å². The van der Waals surface area contributed by atoms with E-state index in [1.807, 2.05) is 30.3 Å². The van der Waals surface area contributed by atoms with Crippen LogP contribution in [0.3, 0.4) is 0 Å². The van der Waals surface area contributed by atoms with Gasteiger partial charge >= 0.3 is 0 Å². The molecule has 1 amide bonds. The van der Waals surface area contributed by atoms with Gasteiger partial charge in [0.1, 0.15) is 0 Å². The summed E-state index contributed by atoms with van der Waals surface area (Å²) in [6, 6.07) is 9.90. The van der Waals surface area contributed by atoms with Crippen LogP contribution >= 0.6 is 0 Å². The monoisotopic (exact) mass is 354 g/mol. The van der Waals surface area contributed by atoms with Crippen molar-refractivity contribution in [3.8, 4) is 11.5 Å². The van der Waals surface area contributed by atoms with E-state index in [0.29, 0.717) is 32.0 Å². The van der Waals surface area contributed by atoms with Crippen molar-refractivity contribution in [1.82, 2.24) is 10.3 Å². The van der Waals surface area contributed by atoms with Crippen LogP contribution in [0.5, 0.6) is 11.5 Å². The normalized spacial score (nSPS) is 20.9. The van der Waals surface area contributed by atoms with Crippen LogP contribution in [0.1, 0.15) is 17.5 Å². The molecule has 0 spiro atoms. The highest BCUT2D eigenvalue weighted by Crippen LogP contribution is 2.32. The predicted molar refractivity (Wildman–Crippen MR) is 95.1 cm³/mol. The summed E-state index contributed by atoms with van der Waals surface area (Å²) >= 11 is 0. The van der Waals surface area contributed by atoms with Crippen molar-refractivity contribution in [2.24, 2.45) is 5.92 Å². The number of hydrogen-bond acceptors (Lipinski definition) is 5. The molecule has 1 saturated heterocycles. The molecule has 2 atom stereocenters. The number of nitrogens with zero attached hydrogens (tertiary/aromatic N) is 1. The van der Waals surface area contributed by atoms with Crippen molar-refractivity contribution in [3.05, 3.63) is 53.9 Å². The number of pyridine rings is 1. The van der Waals surface area contributed by atoms with E-state index in [4.69, 9.17) is 14.2 Å². The summed E-state index contributed by atoms with van der Waals surface area (Å²) in [6.45, 7) is 1.51. The molecule has 1 aromatic heterocycles. The first-order valence-electron chi connectivity index (χ1n) is 8.92. The number of aryl methyl sites for hydroxylation is 1. The third kappa shape index (κ3) is 3.96. The largest absolute Gasteiger partial charge is 0.454 e. The lowest BCUT2D eigenvalue weighted by Gasteiger charge is -2.19. The van der Waals surface area contributed by atoms with Gasteiger partial charge in [0, 0.05) is 24.7 Å². The van der Waals surface area contributed by atoms with Crippen molar-refractivity contribution in [2.45, 2.75) is 25.3 Å². The van der Waals surface area contributed by atoms with Gasteiger partial charge in [-0.3, -0.25) is 9.78 Å². The Kier molecular flexibility index (Phi) is 5.02. The third-order valence-electron chi connectivity index (χ3n) is 4.87. The van der Waals surface area contributed by atoms with Crippen LogP contribution in [-0.2, 0) is 22.4 Å². The first-order chi connectivity index (χ1) is 12.8. The molecular weight excluding hydrogens is 332 g/mol. The van der Waals surface area contributed by atoms with Crippen LogP contribution in [0.2, 0.25) is 0 Å². The highest BCUT2D eigenvalue weighted by molar-refractivity contribution is 5.76. The van der Waals surface area contributed by atoms with E-state index < -0.39 is 0 Å². The molecule has 2 aromatic rings. The molecule has 6 heteroatoms. The molecule has 3 heterocycles. The molecule has 26 heavy (non-hydrogen) atoms. The number of ether oxygens (including phenoxy) is 3. The van der Waals surface area contributed by atoms with Crippen LogP contribution < -0.4 is 14.8 Å². The van der Waals surface area contributed by atoms with Crippen molar-refractivity contribution in [2.75, 3.05) is 20.0 Å². The van der Waals surface area contributed by atoms with Gasteiger partial charge in [-0.15, -0.1) is 0 Å². The summed E-state index contributed by atoms with van der Waals surface area (Å²) in [7, 11) is 0. The maximum atomic E-state index is 12.4. The van der Waals surface area contributed by atoms with Crippen LogP contribution in [0, 0.1) is 5.92 Å². The zero-order valence-electron chi connectivity index (χ0n) is 14.5. The van der Waals surface area contributed by atoms with E-state index in [1.54, 1.807) is 12.4 Å². The summed E-state index contributed by atoms with van der Waals surface area (Å²) in [6.07, 6.45) is 5.59. The summed E-state index contributed by atoms with van der Waals surface area (Å²) < 4.78 is 16.3. The van der Waals surface area contributed by atoms with Gasteiger partial charge < -0.3 is 19.5 Å². The number of amides is 1. The van der Waals surface area contributed by atoms with Gasteiger partial charge in [0.15, 0.2) is 11.5 Å². The third-order valence-corrected chi connectivity index (χ3v) is 4.87. The van der Waals surface area contributed by atoms with E-state index in [1.165, 1.54) is 5.56 Å². The van der Waals surface area contributed by atoms with Gasteiger partial charge in [-0.25, -0.2) is 0 Å². The molecule has 1 N–H and O–H groups in total. The Bertz CT molecular complexity index is 766. The summed E-state index contributed by atoms with van der Waals surface area (Å²) in [5.74, 6) is 1.87. The Morgan fingerprint density at radius 3 is 2.81 bits per heavy atom. The minimum atomic E-state index is 0.0536. The smallest absolute Gasteiger partial charge is 0.231 e. The second-order valence-corrected chi connectivity index (χ2v) is 6.72. The lowest BCUT2D eigenvalue weighted by molar-refractivity contribution is -0.122. The first kappa shape index (κ1) is 16.8. The number of benzene rings is 1. The highest BCUT2D eigenvalue weighted by Gasteiger charge is 2.29. The fraction of sp³-hybridized carbons (Fsp3) is 0.400.